The molecule has 0 bridgehead atoms. The van der Waals surface area contributed by atoms with Crippen molar-refractivity contribution in [3.63, 3.8) is 0 Å². The molecule has 0 saturated carbocycles. The quantitative estimate of drug-likeness (QED) is 0.675. The van der Waals surface area contributed by atoms with Gasteiger partial charge in [0, 0.05) is 19.1 Å². The summed E-state index contributed by atoms with van der Waals surface area (Å²) in [6.07, 6.45) is 8.02. The Kier molecular flexibility index (Phi) is 7.25. The maximum absolute atomic E-state index is 3.59. The fraction of sp³-hybridized carbons (Fsp3) is 1.00. The van der Waals surface area contributed by atoms with Crippen LogP contribution in [0.3, 0.4) is 0 Å². The molecule has 1 fully saturated rings. The van der Waals surface area contributed by atoms with E-state index in [0.717, 1.165) is 6.04 Å². The summed E-state index contributed by atoms with van der Waals surface area (Å²) in [6.45, 7) is 14.4. The van der Waals surface area contributed by atoms with Crippen LogP contribution in [-0.4, -0.2) is 37.1 Å². The third-order valence-corrected chi connectivity index (χ3v) is 4.66. The predicted molar refractivity (Wildman–Crippen MR) is 81.1 cm³/mol. The van der Waals surface area contributed by atoms with E-state index in [1.807, 2.05) is 0 Å². The molecule has 18 heavy (non-hydrogen) atoms. The third-order valence-electron chi connectivity index (χ3n) is 4.66. The largest absolute Gasteiger partial charge is 0.316 e. The Hall–Kier alpha value is -0.0800. The maximum atomic E-state index is 3.59. The predicted octanol–water partition coefficient (Wildman–Crippen LogP) is 3.67. The number of rotatable bonds is 9. The van der Waals surface area contributed by atoms with Gasteiger partial charge in [-0.3, -0.25) is 0 Å². The molecular formula is C16H34N2. The molecule has 0 amide bonds. The maximum Gasteiger partial charge on any atom is 0.00645 e. The number of hydrogen-bond acceptors (Lipinski definition) is 2. The molecule has 2 heteroatoms. The molecule has 1 heterocycles. The average Bonchev–Trinajstić information content (AvgIpc) is 2.82. The summed E-state index contributed by atoms with van der Waals surface area (Å²) in [4.78, 5) is 2.76. The van der Waals surface area contributed by atoms with Crippen molar-refractivity contribution in [1.82, 2.24) is 10.2 Å². The second kappa shape index (κ2) is 8.16. The zero-order chi connectivity index (χ0) is 13.4. The van der Waals surface area contributed by atoms with Gasteiger partial charge >= 0.3 is 0 Å². The normalized spacial score (nSPS) is 25.8. The van der Waals surface area contributed by atoms with Gasteiger partial charge < -0.3 is 10.2 Å². The zero-order valence-corrected chi connectivity index (χ0v) is 13.1. The van der Waals surface area contributed by atoms with Crippen molar-refractivity contribution in [2.45, 2.75) is 72.3 Å². The van der Waals surface area contributed by atoms with E-state index >= 15 is 0 Å². The van der Waals surface area contributed by atoms with Crippen molar-refractivity contribution < 1.29 is 0 Å². The van der Waals surface area contributed by atoms with E-state index in [9.17, 15) is 0 Å². The Balaban J connectivity index is 2.60. The second-order valence-corrected chi connectivity index (χ2v) is 6.26. The highest BCUT2D eigenvalue weighted by Crippen LogP contribution is 2.33. The van der Waals surface area contributed by atoms with Crippen LogP contribution in [0, 0.1) is 5.41 Å². The molecule has 2 atom stereocenters. The molecular weight excluding hydrogens is 220 g/mol. The van der Waals surface area contributed by atoms with Crippen LogP contribution in [0.5, 0.6) is 0 Å². The first-order valence-electron chi connectivity index (χ1n) is 8.12. The molecule has 0 aliphatic carbocycles. The monoisotopic (exact) mass is 254 g/mol. The molecule has 1 aliphatic heterocycles. The fourth-order valence-corrected chi connectivity index (χ4v) is 3.26. The summed E-state index contributed by atoms with van der Waals surface area (Å²) in [5.74, 6) is 0. The Labute approximate surface area is 115 Å². The Morgan fingerprint density at radius 1 is 1.22 bits per heavy atom. The minimum absolute atomic E-state index is 0.561. The van der Waals surface area contributed by atoms with Crippen LogP contribution >= 0.6 is 0 Å². The average molecular weight is 254 g/mol. The first kappa shape index (κ1) is 16.0. The lowest BCUT2D eigenvalue weighted by molar-refractivity contribution is 0.114. The van der Waals surface area contributed by atoms with Gasteiger partial charge in [0.05, 0.1) is 0 Å². The molecule has 1 rings (SSSR count). The van der Waals surface area contributed by atoms with E-state index in [4.69, 9.17) is 0 Å². The van der Waals surface area contributed by atoms with Gasteiger partial charge in [0.15, 0.2) is 0 Å². The SMILES string of the molecule is CCCCN(CC1(CCC)CCNC1)C(C)CC. The molecule has 0 aromatic rings. The van der Waals surface area contributed by atoms with Crippen molar-refractivity contribution in [1.29, 1.82) is 0 Å². The molecule has 1 saturated heterocycles. The standard InChI is InChI=1S/C16H34N2/c1-5-8-12-18(15(4)7-3)14-16(9-6-2)10-11-17-13-16/h15,17H,5-14H2,1-4H3. The Morgan fingerprint density at radius 2 is 2.00 bits per heavy atom. The van der Waals surface area contributed by atoms with E-state index < -0.39 is 0 Å². The first-order chi connectivity index (χ1) is 8.67. The van der Waals surface area contributed by atoms with Crippen LogP contribution in [0.1, 0.15) is 66.2 Å². The van der Waals surface area contributed by atoms with Gasteiger partial charge in [0.2, 0.25) is 0 Å². The van der Waals surface area contributed by atoms with Gasteiger partial charge in [0.25, 0.3) is 0 Å². The molecule has 0 aromatic carbocycles. The van der Waals surface area contributed by atoms with Crippen molar-refractivity contribution in [2.75, 3.05) is 26.2 Å². The van der Waals surface area contributed by atoms with Crippen LogP contribution in [0.2, 0.25) is 0 Å². The number of hydrogen-bond donors (Lipinski definition) is 1. The van der Waals surface area contributed by atoms with Crippen molar-refractivity contribution in [2.24, 2.45) is 5.41 Å². The zero-order valence-electron chi connectivity index (χ0n) is 13.1. The molecule has 1 N–H and O–H groups in total. The van der Waals surface area contributed by atoms with E-state index in [1.54, 1.807) is 0 Å². The smallest absolute Gasteiger partial charge is 0.00645 e. The molecule has 0 aromatic heterocycles. The molecule has 0 radical (unpaired) electrons. The van der Waals surface area contributed by atoms with Gasteiger partial charge in [-0.1, -0.05) is 33.6 Å². The molecule has 108 valence electrons. The topological polar surface area (TPSA) is 15.3 Å². The second-order valence-electron chi connectivity index (χ2n) is 6.26. The van der Waals surface area contributed by atoms with Crippen LogP contribution in [-0.2, 0) is 0 Å². The lowest BCUT2D eigenvalue weighted by Gasteiger charge is -2.38. The van der Waals surface area contributed by atoms with Crippen LogP contribution < -0.4 is 5.32 Å². The fourth-order valence-electron chi connectivity index (χ4n) is 3.26. The van der Waals surface area contributed by atoms with E-state index in [-0.39, 0.29) is 0 Å². The summed E-state index contributed by atoms with van der Waals surface area (Å²) < 4.78 is 0. The summed E-state index contributed by atoms with van der Waals surface area (Å²) in [6, 6.07) is 0.742. The first-order valence-corrected chi connectivity index (χ1v) is 8.12. The molecule has 2 nitrogen and oxygen atoms in total. The molecule has 1 aliphatic rings. The minimum Gasteiger partial charge on any atom is -0.316 e. The van der Waals surface area contributed by atoms with Gasteiger partial charge in [-0.2, -0.15) is 0 Å². The summed E-state index contributed by atoms with van der Waals surface area (Å²) in [7, 11) is 0. The number of unbranched alkanes of at least 4 members (excludes halogenated alkanes) is 1. The number of nitrogens with one attached hydrogen (secondary N) is 1. The van der Waals surface area contributed by atoms with Crippen LogP contribution in [0.25, 0.3) is 0 Å². The van der Waals surface area contributed by atoms with Crippen molar-refractivity contribution in [3.8, 4) is 0 Å². The van der Waals surface area contributed by atoms with E-state index in [2.05, 4.69) is 37.9 Å². The summed E-state index contributed by atoms with van der Waals surface area (Å²) in [5, 5.41) is 3.59. The minimum atomic E-state index is 0.561. The highest BCUT2D eigenvalue weighted by atomic mass is 15.2. The van der Waals surface area contributed by atoms with Gasteiger partial charge in [-0.05, 0) is 51.1 Å². The van der Waals surface area contributed by atoms with Crippen LogP contribution in [0.15, 0.2) is 0 Å². The van der Waals surface area contributed by atoms with Gasteiger partial charge in [-0.25, -0.2) is 0 Å². The van der Waals surface area contributed by atoms with Gasteiger partial charge in [0.1, 0.15) is 0 Å². The van der Waals surface area contributed by atoms with Crippen molar-refractivity contribution >= 4 is 0 Å². The summed E-state index contributed by atoms with van der Waals surface area (Å²) in [5.41, 5.74) is 0.561. The molecule has 0 spiro atoms. The number of nitrogens with zero attached hydrogens (tertiary/aromatic N) is 1. The Morgan fingerprint density at radius 3 is 2.50 bits per heavy atom. The lowest BCUT2D eigenvalue weighted by Crippen LogP contribution is -2.44. The Bertz CT molecular complexity index is 209. The van der Waals surface area contributed by atoms with Crippen LogP contribution in [0.4, 0.5) is 0 Å². The highest BCUT2D eigenvalue weighted by molar-refractivity contribution is 4.91. The highest BCUT2D eigenvalue weighted by Gasteiger charge is 2.35. The third kappa shape index (κ3) is 4.55. The molecule has 2 unspecified atom stereocenters. The van der Waals surface area contributed by atoms with Crippen molar-refractivity contribution in [3.05, 3.63) is 0 Å². The van der Waals surface area contributed by atoms with E-state index in [1.165, 1.54) is 64.7 Å². The lowest BCUT2D eigenvalue weighted by atomic mass is 9.81. The summed E-state index contributed by atoms with van der Waals surface area (Å²) >= 11 is 0. The van der Waals surface area contributed by atoms with Gasteiger partial charge in [-0.15, -0.1) is 0 Å². The van der Waals surface area contributed by atoms with E-state index in [0.29, 0.717) is 5.41 Å².